The highest BCUT2D eigenvalue weighted by Crippen LogP contribution is 2.31. The Balaban J connectivity index is 2.25. The Kier molecular flexibility index (Phi) is 4.19. The van der Waals surface area contributed by atoms with Gasteiger partial charge in [-0.2, -0.15) is 0 Å². The standard InChI is InChI=1S/C15H17NS/c1-3-5-9-13(16-4-2)15-11-12-8-6-7-10-14(12)17-15/h1,6-8,10-11,13,16H,4-5,9H2,2H3. The Morgan fingerprint density at radius 3 is 2.94 bits per heavy atom. The number of terminal acetylenes is 1. The maximum absolute atomic E-state index is 5.35. The molecule has 0 saturated carbocycles. The largest absolute Gasteiger partial charge is 0.309 e. The minimum atomic E-state index is 0.397. The van der Waals surface area contributed by atoms with E-state index in [9.17, 15) is 0 Å². The topological polar surface area (TPSA) is 12.0 Å². The lowest BCUT2D eigenvalue weighted by Crippen LogP contribution is -2.19. The summed E-state index contributed by atoms with van der Waals surface area (Å²) in [5, 5.41) is 4.84. The van der Waals surface area contributed by atoms with Crippen molar-refractivity contribution >= 4 is 21.4 Å². The molecule has 0 radical (unpaired) electrons. The van der Waals surface area contributed by atoms with Crippen LogP contribution in [-0.4, -0.2) is 6.54 Å². The summed E-state index contributed by atoms with van der Waals surface area (Å²) in [6, 6.07) is 11.2. The molecule has 1 heterocycles. The van der Waals surface area contributed by atoms with Gasteiger partial charge < -0.3 is 5.32 Å². The van der Waals surface area contributed by atoms with Gasteiger partial charge in [0.15, 0.2) is 0 Å². The first kappa shape index (κ1) is 12.2. The molecule has 0 fully saturated rings. The fourth-order valence-corrected chi connectivity index (χ4v) is 3.17. The quantitative estimate of drug-likeness (QED) is 0.784. The van der Waals surface area contributed by atoms with Crippen molar-refractivity contribution in [1.29, 1.82) is 0 Å². The Morgan fingerprint density at radius 1 is 1.41 bits per heavy atom. The van der Waals surface area contributed by atoms with Crippen LogP contribution in [0, 0.1) is 12.3 Å². The zero-order valence-corrected chi connectivity index (χ0v) is 10.9. The number of rotatable bonds is 5. The van der Waals surface area contributed by atoms with Crippen molar-refractivity contribution in [3.8, 4) is 12.3 Å². The summed E-state index contributed by atoms with van der Waals surface area (Å²) in [6.07, 6.45) is 7.19. The van der Waals surface area contributed by atoms with Crippen molar-refractivity contribution in [2.24, 2.45) is 0 Å². The SMILES string of the molecule is C#CCCC(NCC)c1cc2ccccc2s1. The van der Waals surface area contributed by atoms with Gasteiger partial charge in [0.1, 0.15) is 0 Å². The maximum atomic E-state index is 5.35. The number of hydrogen-bond acceptors (Lipinski definition) is 2. The van der Waals surface area contributed by atoms with Crippen molar-refractivity contribution in [3.63, 3.8) is 0 Å². The number of thiophene rings is 1. The molecule has 2 heteroatoms. The fraction of sp³-hybridized carbons (Fsp3) is 0.333. The molecule has 0 bridgehead atoms. The zero-order chi connectivity index (χ0) is 12.1. The van der Waals surface area contributed by atoms with Gasteiger partial charge in [-0.15, -0.1) is 23.7 Å². The molecule has 1 N–H and O–H groups in total. The molecule has 0 aliphatic heterocycles. The van der Waals surface area contributed by atoms with Crippen LogP contribution in [0.2, 0.25) is 0 Å². The normalized spacial score (nSPS) is 12.5. The molecule has 2 aromatic rings. The van der Waals surface area contributed by atoms with Gasteiger partial charge in [0.25, 0.3) is 0 Å². The third-order valence-corrected chi connectivity index (χ3v) is 4.05. The van der Waals surface area contributed by atoms with E-state index in [4.69, 9.17) is 6.42 Å². The molecule has 1 unspecified atom stereocenters. The summed E-state index contributed by atoms with van der Waals surface area (Å²) in [5.41, 5.74) is 0. The van der Waals surface area contributed by atoms with Crippen LogP contribution in [-0.2, 0) is 0 Å². The summed E-state index contributed by atoms with van der Waals surface area (Å²) in [7, 11) is 0. The van der Waals surface area contributed by atoms with Gasteiger partial charge in [-0.3, -0.25) is 0 Å². The van der Waals surface area contributed by atoms with Crippen LogP contribution in [0.3, 0.4) is 0 Å². The monoisotopic (exact) mass is 243 g/mol. The highest BCUT2D eigenvalue weighted by Gasteiger charge is 2.12. The summed E-state index contributed by atoms with van der Waals surface area (Å²) >= 11 is 1.86. The van der Waals surface area contributed by atoms with Gasteiger partial charge in [0, 0.05) is 22.0 Å². The van der Waals surface area contributed by atoms with Crippen LogP contribution < -0.4 is 5.32 Å². The average Bonchev–Trinajstić information content (AvgIpc) is 2.78. The Labute approximate surface area is 107 Å². The Bertz CT molecular complexity index is 488. The van der Waals surface area contributed by atoms with Gasteiger partial charge >= 0.3 is 0 Å². The predicted octanol–water partition coefficient (Wildman–Crippen LogP) is 3.97. The summed E-state index contributed by atoms with van der Waals surface area (Å²) in [5.74, 6) is 2.72. The number of nitrogens with one attached hydrogen (secondary N) is 1. The van der Waals surface area contributed by atoms with Crippen molar-refractivity contribution in [2.45, 2.75) is 25.8 Å². The molecule has 1 atom stereocenters. The molecular formula is C15H17NS. The minimum absolute atomic E-state index is 0.397. The molecule has 0 saturated heterocycles. The maximum Gasteiger partial charge on any atom is 0.0424 e. The van der Waals surface area contributed by atoms with Crippen LogP contribution >= 0.6 is 11.3 Å². The van der Waals surface area contributed by atoms with Crippen molar-refractivity contribution in [3.05, 3.63) is 35.2 Å². The van der Waals surface area contributed by atoms with Gasteiger partial charge in [-0.25, -0.2) is 0 Å². The van der Waals surface area contributed by atoms with E-state index in [-0.39, 0.29) is 0 Å². The van der Waals surface area contributed by atoms with Gasteiger partial charge in [-0.05, 0) is 30.5 Å². The van der Waals surface area contributed by atoms with E-state index in [0.717, 1.165) is 19.4 Å². The molecular weight excluding hydrogens is 226 g/mol. The van der Waals surface area contributed by atoms with E-state index in [0.29, 0.717) is 6.04 Å². The van der Waals surface area contributed by atoms with Crippen LogP contribution in [0.4, 0.5) is 0 Å². The molecule has 2 rings (SSSR count). The van der Waals surface area contributed by atoms with Gasteiger partial charge in [0.2, 0.25) is 0 Å². The fourth-order valence-electron chi connectivity index (χ4n) is 1.99. The molecule has 1 aromatic heterocycles. The summed E-state index contributed by atoms with van der Waals surface area (Å²) < 4.78 is 1.35. The Hall–Kier alpha value is -1.30. The second kappa shape index (κ2) is 5.86. The lowest BCUT2D eigenvalue weighted by Gasteiger charge is -2.14. The van der Waals surface area contributed by atoms with Crippen LogP contribution in [0.15, 0.2) is 30.3 Å². The lowest BCUT2D eigenvalue weighted by molar-refractivity contribution is 0.530. The molecule has 0 amide bonds. The number of fused-ring (bicyclic) bond motifs is 1. The molecule has 88 valence electrons. The van der Waals surface area contributed by atoms with Gasteiger partial charge in [0.05, 0.1) is 0 Å². The average molecular weight is 243 g/mol. The molecule has 0 aliphatic rings. The minimum Gasteiger partial charge on any atom is -0.309 e. The van der Waals surface area contributed by atoms with Crippen LogP contribution in [0.1, 0.15) is 30.7 Å². The van der Waals surface area contributed by atoms with Crippen LogP contribution in [0.5, 0.6) is 0 Å². The first-order valence-corrected chi connectivity index (χ1v) is 6.82. The summed E-state index contributed by atoms with van der Waals surface area (Å²) in [4.78, 5) is 1.39. The van der Waals surface area contributed by atoms with E-state index < -0.39 is 0 Å². The number of benzene rings is 1. The van der Waals surface area contributed by atoms with E-state index in [1.54, 1.807) is 0 Å². The second-order valence-corrected chi connectivity index (χ2v) is 5.16. The lowest BCUT2D eigenvalue weighted by atomic mass is 10.1. The molecule has 0 spiro atoms. The van der Waals surface area contributed by atoms with E-state index in [2.05, 4.69) is 48.5 Å². The van der Waals surface area contributed by atoms with E-state index in [1.165, 1.54) is 15.0 Å². The third-order valence-electron chi connectivity index (χ3n) is 2.82. The first-order chi connectivity index (χ1) is 8.35. The first-order valence-electron chi connectivity index (χ1n) is 6.00. The van der Waals surface area contributed by atoms with Gasteiger partial charge in [-0.1, -0.05) is 25.1 Å². The van der Waals surface area contributed by atoms with E-state index >= 15 is 0 Å². The molecule has 17 heavy (non-hydrogen) atoms. The molecule has 1 aromatic carbocycles. The van der Waals surface area contributed by atoms with Crippen molar-refractivity contribution < 1.29 is 0 Å². The molecule has 1 nitrogen and oxygen atoms in total. The van der Waals surface area contributed by atoms with Crippen LogP contribution in [0.25, 0.3) is 10.1 Å². The molecule has 0 aliphatic carbocycles. The van der Waals surface area contributed by atoms with Crippen molar-refractivity contribution in [1.82, 2.24) is 5.32 Å². The smallest absolute Gasteiger partial charge is 0.0424 e. The second-order valence-electron chi connectivity index (χ2n) is 4.04. The van der Waals surface area contributed by atoms with E-state index in [1.807, 2.05) is 11.3 Å². The number of hydrogen-bond donors (Lipinski definition) is 1. The predicted molar refractivity (Wildman–Crippen MR) is 76.3 cm³/mol. The zero-order valence-electron chi connectivity index (χ0n) is 10.1. The third kappa shape index (κ3) is 2.88. The highest BCUT2D eigenvalue weighted by molar-refractivity contribution is 7.19. The summed E-state index contributed by atoms with van der Waals surface area (Å²) in [6.45, 7) is 3.11. The highest BCUT2D eigenvalue weighted by atomic mass is 32.1. The van der Waals surface area contributed by atoms with Crippen molar-refractivity contribution in [2.75, 3.05) is 6.54 Å². The Morgan fingerprint density at radius 2 is 2.24 bits per heavy atom.